The molecule has 0 aromatic heterocycles. The van der Waals surface area contributed by atoms with Gasteiger partial charge in [-0.05, 0) is 24.1 Å². The second kappa shape index (κ2) is 10.4. The van der Waals surface area contributed by atoms with Gasteiger partial charge in [-0.2, -0.15) is 8.78 Å². The molecule has 0 aliphatic carbocycles. The van der Waals surface area contributed by atoms with E-state index in [9.17, 15) is 13.6 Å². The fourth-order valence-electron chi connectivity index (χ4n) is 2.30. The van der Waals surface area contributed by atoms with Gasteiger partial charge in [-0.25, -0.2) is 4.79 Å². The molecule has 7 heteroatoms. The van der Waals surface area contributed by atoms with Crippen LogP contribution in [0.3, 0.4) is 0 Å². The third kappa shape index (κ3) is 6.13. The molecule has 0 radical (unpaired) electrons. The molecule has 0 heterocycles. The maximum atomic E-state index is 12.9. The molecule has 0 spiro atoms. The van der Waals surface area contributed by atoms with Gasteiger partial charge in [0, 0.05) is 0 Å². The van der Waals surface area contributed by atoms with Crippen LogP contribution in [0.2, 0.25) is 0 Å². The Morgan fingerprint density at radius 3 is 2.41 bits per heavy atom. The van der Waals surface area contributed by atoms with Gasteiger partial charge in [0.1, 0.15) is 6.61 Å². The average Bonchev–Trinajstić information content (AvgIpc) is 2.67. The summed E-state index contributed by atoms with van der Waals surface area (Å²) in [7, 11) is 1.20. The van der Waals surface area contributed by atoms with E-state index in [-0.39, 0.29) is 29.4 Å². The summed E-state index contributed by atoms with van der Waals surface area (Å²) < 4.78 is 46.3. The number of hydrogen-bond acceptors (Lipinski definition) is 5. The van der Waals surface area contributed by atoms with Gasteiger partial charge in [-0.15, -0.1) is 0 Å². The predicted octanol–water partition coefficient (Wildman–Crippen LogP) is 4.83. The maximum absolute atomic E-state index is 12.9. The van der Waals surface area contributed by atoms with E-state index in [1.54, 1.807) is 0 Å². The van der Waals surface area contributed by atoms with Crippen molar-refractivity contribution in [3.05, 3.63) is 53.6 Å². The molecular formula is C20H22F2O5. The standard InChI is InChI=1S/C20H22F2O5/c1-3-4-10-25-18-16(26-13-14-8-6-5-7-9-14)11-15(19(23)24-2)12-17(18)27-20(21)22/h5-9,11-12,20H,3-4,10,13H2,1-2H3. The third-order valence-corrected chi connectivity index (χ3v) is 3.64. The van der Waals surface area contributed by atoms with Crippen molar-refractivity contribution in [3.63, 3.8) is 0 Å². The van der Waals surface area contributed by atoms with Crippen LogP contribution in [0.1, 0.15) is 35.7 Å². The molecule has 2 aromatic carbocycles. The van der Waals surface area contributed by atoms with Crippen molar-refractivity contribution in [3.8, 4) is 17.2 Å². The quantitative estimate of drug-likeness (QED) is 0.436. The summed E-state index contributed by atoms with van der Waals surface area (Å²) in [6.45, 7) is -0.625. The number of ether oxygens (including phenoxy) is 4. The first-order valence-corrected chi connectivity index (χ1v) is 8.55. The fraction of sp³-hybridized carbons (Fsp3) is 0.350. The number of halogens is 2. The molecule has 0 aliphatic rings. The van der Waals surface area contributed by atoms with E-state index in [4.69, 9.17) is 9.47 Å². The number of unbranched alkanes of at least 4 members (excludes halogenated alkanes) is 1. The summed E-state index contributed by atoms with van der Waals surface area (Å²) in [5, 5.41) is 0. The average molecular weight is 380 g/mol. The van der Waals surface area contributed by atoms with Gasteiger partial charge in [-0.3, -0.25) is 0 Å². The molecule has 0 N–H and O–H groups in total. The topological polar surface area (TPSA) is 54.0 Å². The number of esters is 1. The summed E-state index contributed by atoms with van der Waals surface area (Å²) in [4.78, 5) is 11.9. The van der Waals surface area contributed by atoms with E-state index in [0.29, 0.717) is 6.61 Å². The largest absolute Gasteiger partial charge is 0.486 e. The summed E-state index contributed by atoms with van der Waals surface area (Å²) in [5.41, 5.74) is 0.899. The lowest BCUT2D eigenvalue weighted by Gasteiger charge is -2.18. The molecule has 0 saturated heterocycles. The molecule has 0 fully saturated rings. The number of hydrogen-bond donors (Lipinski definition) is 0. The summed E-state index contributed by atoms with van der Waals surface area (Å²) in [6, 6.07) is 11.9. The summed E-state index contributed by atoms with van der Waals surface area (Å²) in [5.74, 6) is -0.799. The Balaban J connectivity index is 2.38. The second-order valence-corrected chi connectivity index (χ2v) is 5.65. The van der Waals surface area contributed by atoms with Crippen molar-refractivity contribution in [2.45, 2.75) is 33.0 Å². The van der Waals surface area contributed by atoms with E-state index in [1.165, 1.54) is 13.2 Å². The van der Waals surface area contributed by atoms with Crippen LogP contribution in [0.15, 0.2) is 42.5 Å². The molecule has 146 valence electrons. The number of carbonyl (C=O) groups excluding carboxylic acids is 1. The first-order chi connectivity index (χ1) is 13.0. The zero-order valence-electron chi connectivity index (χ0n) is 15.2. The number of carbonyl (C=O) groups is 1. The van der Waals surface area contributed by atoms with Gasteiger partial charge in [0.05, 0.1) is 19.3 Å². The Labute approximate surface area is 156 Å². The molecule has 5 nitrogen and oxygen atoms in total. The normalized spacial score (nSPS) is 10.6. The van der Waals surface area contributed by atoms with Gasteiger partial charge in [0.15, 0.2) is 11.5 Å². The highest BCUT2D eigenvalue weighted by Gasteiger charge is 2.21. The molecule has 0 aliphatic heterocycles. The van der Waals surface area contributed by atoms with Crippen molar-refractivity contribution in [1.82, 2.24) is 0 Å². The molecule has 2 rings (SSSR count). The lowest BCUT2D eigenvalue weighted by Crippen LogP contribution is -2.10. The fourth-order valence-corrected chi connectivity index (χ4v) is 2.30. The molecule has 0 amide bonds. The monoisotopic (exact) mass is 380 g/mol. The van der Waals surface area contributed by atoms with Crippen LogP contribution in [-0.4, -0.2) is 26.3 Å². The van der Waals surface area contributed by atoms with Crippen LogP contribution in [0.4, 0.5) is 8.78 Å². The first-order valence-electron chi connectivity index (χ1n) is 8.55. The van der Waals surface area contributed by atoms with Crippen molar-refractivity contribution in [1.29, 1.82) is 0 Å². The Kier molecular flexibility index (Phi) is 7.85. The van der Waals surface area contributed by atoms with Crippen molar-refractivity contribution in [2.24, 2.45) is 0 Å². The molecule has 0 unspecified atom stereocenters. The van der Waals surface area contributed by atoms with Gasteiger partial charge >= 0.3 is 12.6 Å². The second-order valence-electron chi connectivity index (χ2n) is 5.65. The molecule has 2 aromatic rings. The Morgan fingerprint density at radius 1 is 1.07 bits per heavy atom. The lowest BCUT2D eigenvalue weighted by molar-refractivity contribution is -0.0517. The molecule has 0 bridgehead atoms. The van der Waals surface area contributed by atoms with Gasteiger partial charge in [0.25, 0.3) is 0 Å². The smallest absolute Gasteiger partial charge is 0.387 e. The minimum absolute atomic E-state index is 0.0269. The molecule has 27 heavy (non-hydrogen) atoms. The van der Waals surface area contributed by atoms with E-state index >= 15 is 0 Å². The lowest BCUT2D eigenvalue weighted by atomic mass is 10.1. The Bertz CT molecular complexity index is 735. The minimum Gasteiger partial charge on any atom is -0.486 e. The van der Waals surface area contributed by atoms with E-state index < -0.39 is 12.6 Å². The van der Waals surface area contributed by atoms with Crippen molar-refractivity contribution in [2.75, 3.05) is 13.7 Å². The molecular weight excluding hydrogens is 358 g/mol. The van der Waals surface area contributed by atoms with Crippen LogP contribution in [0, 0.1) is 0 Å². The number of methoxy groups -OCH3 is 1. The van der Waals surface area contributed by atoms with Crippen molar-refractivity contribution < 1.29 is 32.5 Å². The van der Waals surface area contributed by atoms with Crippen molar-refractivity contribution >= 4 is 5.97 Å². The molecule has 0 saturated carbocycles. The van der Waals surface area contributed by atoms with Crippen LogP contribution in [0.5, 0.6) is 17.2 Å². The third-order valence-electron chi connectivity index (χ3n) is 3.64. The van der Waals surface area contributed by atoms with Gasteiger partial charge < -0.3 is 18.9 Å². The highest BCUT2D eigenvalue weighted by molar-refractivity contribution is 5.91. The maximum Gasteiger partial charge on any atom is 0.387 e. The Hall–Kier alpha value is -2.83. The SMILES string of the molecule is CCCCOc1c(OCc2ccccc2)cc(C(=O)OC)cc1OC(F)F. The van der Waals surface area contributed by atoms with E-state index in [0.717, 1.165) is 24.5 Å². The summed E-state index contributed by atoms with van der Waals surface area (Å²) >= 11 is 0. The summed E-state index contributed by atoms with van der Waals surface area (Å²) in [6.07, 6.45) is 1.59. The first kappa shape index (κ1) is 20.5. The highest BCUT2D eigenvalue weighted by atomic mass is 19.3. The zero-order valence-corrected chi connectivity index (χ0v) is 15.2. The Morgan fingerprint density at radius 2 is 1.78 bits per heavy atom. The predicted molar refractivity (Wildman–Crippen MR) is 95.6 cm³/mol. The van der Waals surface area contributed by atoms with E-state index in [1.807, 2.05) is 37.3 Å². The zero-order chi connectivity index (χ0) is 19.6. The minimum atomic E-state index is -3.08. The van der Waals surface area contributed by atoms with Crippen LogP contribution < -0.4 is 14.2 Å². The molecule has 0 atom stereocenters. The highest BCUT2D eigenvalue weighted by Crippen LogP contribution is 2.40. The van der Waals surface area contributed by atoms with Gasteiger partial charge in [-0.1, -0.05) is 43.7 Å². The van der Waals surface area contributed by atoms with Crippen LogP contribution >= 0.6 is 0 Å². The van der Waals surface area contributed by atoms with Crippen LogP contribution in [0.25, 0.3) is 0 Å². The number of rotatable bonds is 10. The van der Waals surface area contributed by atoms with Gasteiger partial charge in [0.2, 0.25) is 5.75 Å². The van der Waals surface area contributed by atoms with Crippen LogP contribution in [-0.2, 0) is 11.3 Å². The van der Waals surface area contributed by atoms with E-state index in [2.05, 4.69) is 9.47 Å². The number of benzene rings is 2. The number of alkyl halides is 2.